The second-order valence-electron chi connectivity index (χ2n) is 7.82. The predicted octanol–water partition coefficient (Wildman–Crippen LogP) is 2.82. The Balaban J connectivity index is 1.43. The average Bonchev–Trinajstić information content (AvgIpc) is 3.29. The number of amides is 2. The SMILES string of the molecule is CCN1CCCC1CN1CC(C(=O)Nc2cccc3ccc(O)cc23)CC1=O. The van der Waals surface area contributed by atoms with Crippen LogP contribution >= 0.6 is 0 Å². The summed E-state index contributed by atoms with van der Waals surface area (Å²) in [6.07, 6.45) is 2.56. The molecule has 2 N–H and O–H groups in total. The summed E-state index contributed by atoms with van der Waals surface area (Å²) in [6.45, 7) is 5.46. The molecule has 2 unspecified atom stereocenters. The van der Waals surface area contributed by atoms with Gasteiger partial charge in [0.25, 0.3) is 0 Å². The fourth-order valence-corrected chi connectivity index (χ4v) is 4.50. The van der Waals surface area contributed by atoms with Gasteiger partial charge in [0.05, 0.1) is 5.92 Å². The maximum atomic E-state index is 12.8. The van der Waals surface area contributed by atoms with Crippen LogP contribution in [-0.4, -0.2) is 58.9 Å². The molecule has 2 heterocycles. The molecule has 0 saturated carbocycles. The first-order valence-corrected chi connectivity index (χ1v) is 10.1. The molecule has 2 aliphatic rings. The number of aromatic hydroxyl groups is 1. The molecule has 2 fully saturated rings. The van der Waals surface area contributed by atoms with Crippen molar-refractivity contribution in [3.05, 3.63) is 36.4 Å². The number of hydrogen-bond acceptors (Lipinski definition) is 4. The molecule has 0 spiro atoms. The van der Waals surface area contributed by atoms with Crippen molar-refractivity contribution in [1.82, 2.24) is 9.80 Å². The minimum absolute atomic E-state index is 0.0682. The highest BCUT2D eigenvalue weighted by atomic mass is 16.3. The zero-order chi connectivity index (χ0) is 19.7. The van der Waals surface area contributed by atoms with E-state index in [-0.39, 0.29) is 29.9 Å². The van der Waals surface area contributed by atoms with Crippen LogP contribution in [0.3, 0.4) is 0 Å². The highest BCUT2D eigenvalue weighted by Gasteiger charge is 2.37. The maximum absolute atomic E-state index is 12.8. The Hall–Kier alpha value is -2.60. The third-order valence-corrected chi connectivity index (χ3v) is 6.05. The van der Waals surface area contributed by atoms with Gasteiger partial charge < -0.3 is 15.3 Å². The molecule has 0 radical (unpaired) electrons. The van der Waals surface area contributed by atoms with E-state index < -0.39 is 0 Å². The summed E-state index contributed by atoms with van der Waals surface area (Å²) in [5.74, 6) is -0.242. The molecule has 0 aliphatic carbocycles. The maximum Gasteiger partial charge on any atom is 0.229 e. The van der Waals surface area contributed by atoms with Gasteiger partial charge in [0.15, 0.2) is 0 Å². The van der Waals surface area contributed by atoms with Gasteiger partial charge in [-0.3, -0.25) is 14.5 Å². The van der Waals surface area contributed by atoms with Crippen LogP contribution in [0.5, 0.6) is 5.75 Å². The second kappa shape index (κ2) is 7.80. The number of benzene rings is 2. The lowest BCUT2D eigenvalue weighted by molar-refractivity contribution is -0.128. The molecule has 6 heteroatoms. The van der Waals surface area contributed by atoms with E-state index in [1.807, 2.05) is 29.2 Å². The van der Waals surface area contributed by atoms with Crippen molar-refractivity contribution in [1.29, 1.82) is 0 Å². The Labute approximate surface area is 165 Å². The minimum atomic E-state index is -0.337. The normalized spacial score (nSPS) is 22.9. The van der Waals surface area contributed by atoms with Gasteiger partial charge in [-0.25, -0.2) is 0 Å². The molecule has 148 valence electrons. The van der Waals surface area contributed by atoms with Gasteiger partial charge >= 0.3 is 0 Å². The first kappa shape index (κ1) is 18.7. The Morgan fingerprint density at radius 1 is 1.29 bits per heavy atom. The Morgan fingerprint density at radius 2 is 2.14 bits per heavy atom. The predicted molar refractivity (Wildman–Crippen MR) is 109 cm³/mol. The molecule has 2 aromatic carbocycles. The number of nitrogens with one attached hydrogen (secondary N) is 1. The van der Waals surface area contributed by atoms with Gasteiger partial charge in [-0.1, -0.05) is 25.1 Å². The molecule has 2 amide bonds. The molecule has 2 aromatic rings. The highest BCUT2D eigenvalue weighted by molar-refractivity contribution is 6.04. The van der Waals surface area contributed by atoms with E-state index >= 15 is 0 Å². The molecule has 0 aromatic heterocycles. The lowest BCUT2D eigenvalue weighted by Gasteiger charge is -2.27. The zero-order valence-corrected chi connectivity index (χ0v) is 16.2. The number of carbonyl (C=O) groups excluding carboxylic acids is 2. The molecule has 6 nitrogen and oxygen atoms in total. The number of carbonyl (C=O) groups is 2. The fraction of sp³-hybridized carbons (Fsp3) is 0.455. The van der Waals surface area contributed by atoms with Crippen molar-refractivity contribution in [3.63, 3.8) is 0 Å². The van der Waals surface area contributed by atoms with Crippen LogP contribution in [-0.2, 0) is 9.59 Å². The van der Waals surface area contributed by atoms with E-state index in [9.17, 15) is 14.7 Å². The van der Waals surface area contributed by atoms with Crippen LogP contribution in [0.2, 0.25) is 0 Å². The largest absolute Gasteiger partial charge is 0.508 e. The number of phenolic OH excluding ortho intramolecular Hbond substituents is 1. The second-order valence-corrected chi connectivity index (χ2v) is 7.82. The zero-order valence-electron chi connectivity index (χ0n) is 16.2. The first-order chi connectivity index (χ1) is 13.5. The van der Waals surface area contributed by atoms with Crippen molar-refractivity contribution < 1.29 is 14.7 Å². The van der Waals surface area contributed by atoms with E-state index in [0.717, 1.165) is 36.8 Å². The van der Waals surface area contributed by atoms with Crippen LogP contribution in [0.25, 0.3) is 10.8 Å². The molecule has 2 saturated heterocycles. The van der Waals surface area contributed by atoms with Crippen LogP contribution in [0.4, 0.5) is 5.69 Å². The number of phenols is 1. The van der Waals surface area contributed by atoms with Gasteiger partial charge in [0, 0.05) is 36.6 Å². The van der Waals surface area contributed by atoms with Crippen molar-refractivity contribution in [2.45, 2.75) is 32.2 Å². The first-order valence-electron chi connectivity index (χ1n) is 10.1. The summed E-state index contributed by atoms with van der Waals surface area (Å²) in [6, 6.07) is 11.2. The molecule has 4 rings (SSSR count). The third-order valence-electron chi connectivity index (χ3n) is 6.05. The smallest absolute Gasteiger partial charge is 0.229 e. The fourth-order valence-electron chi connectivity index (χ4n) is 4.50. The van der Waals surface area contributed by atoms with E-state index in [0.29, 0.717) is 18.3 Å². The quantitative estimate of drug-likeness (QED) is 0.835. The number of likely N-dealkylation sites (N-methyl/N-ethyl adjacent to an activating group) is 1. The number of hydrogen-bond donors (Lipinski definition) is 2. The molecular formula is C22H27N3O3. The number of anilines is 1. The molecule has 2 atom stereocenters. The topological polar surface area (TPSA) is 72.9 Å². The standard InChI is InChI=1S/C22H27N3O3/c1-2-24-10-4-6-17(24)14-25-13-16(11-21(25)27)22(28)23-20-7-3-5-15-8-9-18(26)12-19(15)20/h3,5,7-9,12,16-17,26H,2,4,6,10-11,13-14H2,1H3,(H,23,28). The Bertz CT molecular complexity index is 898. The monoisotopic (exact) mass is 381 g/mol. The summed E-state index contributed by atoms with van der Waals surface area (Å²) in [5, 5.41) is 14.5. The summed E-state index contributed by atoms with van der Waals surface area (Å²) in [4.78, 5) is 29.6. The summed E-state index contributed by atoms with van der Waals surface area (Å²) >= 11 is 0. The van der Waals surface area contributed by atoms with E-state index in [1.54, 1.807) is 12.1 Å². The average molecular weight is 381 g/mol. The lowest BCUT2D eigenvalue weighted by atomic mass is 10.1. The van der Waals surface area contributed by atoms with Crippen LogP contribution < -0.4 is 5.32 Å². The van der Waals surface area contributed by atoms with Crippen LogP contribution in [0.1, 0.15) is 26.2 Å². The Morgan fingerprint density at radius 3 is 2.96 bits per heavy atom. The number of likely N-dealkylation sites (tertiary alicyclic amines) is 2. The minimum Gasteiger partial charge on any atom is -0.508 e. The van der Waals surface area contributed by atoms with E-state index in [1.165, 1.54) is 6.42 Å². The van der Waals surface area contributed by atoms with Gasteiger partial charge in [-0.15, -0.1) is 0 Å². The van der Waals surface area contributed by atoms with Gasteiger partial charge in [0.2, 0.25) is 11.8 Å². The summed E-state index contributed by atoms with van der Waals surface area (Å²) in [5.41, 5.74) is 0.664. The van der Waals surface area contributed by atoms with Crippen LogP contribution in [0.15, 0.2) is 36.4 Å². The van der Waals surface area contributed by atoms with Gasteiger partial charge in [-0.05, 0) is 49.5 Å². The van der Waals surface area contributed by atoms with Crippen molar-refractivity contribution in [2.24, 2.45) is 5.92 Å². The third kappa shape index (κ3) is 3.69. The van der Waals surface area contributed by atoms with E-state index in [4.69, 9.17) is 0 Å². The summed E-state index contributed by atoms with van der Waals surface area (Å²) in [7, 11) is 0. The van der Waals surface area contributed by atoms with Crippen molar-refractivity contribution in [2.75, 3.05) is 31.5 Å². The molecule has 28 heavy (non-hydrogen) atoms. The highest BCUT2D eigenvalue weighted by Crippen LogP contribution is 2.29. The van der Waals surface area contributed by atoms with Crippen molar-refractivity contribution in [3.8, 4) is 5.75 Å². The van der Waals surface area contributed by atoms with Crippen LogP contribution in [0, 0.1) is 5.92 Å². The lowest BCUT2D eigenvalue weighted by Crippen LogP contribution is -2.41. The van der Waals surface area contributed by atoms with E-state index in [2.05, 4.69) is 17.1 Å². The number of rotatable bonds is 5. The van der Waals surface area contributed by atoms with Crippen molar-refractivity contribution >= 4 is 28.3 Å². The molecular weight excluding hydrogens is 354 g/mol. The Kier molecular flexibility index (Phi) is 5.22. The number of fused-ring (bicyclic) bond motifs is 1. The summed E-state index contributed by atoms with van der Waals surface area (Å²) < 4.78 is 0. The molecule has 2 aliphatic heterocycles. The number of nitrogens with zero attached hydrogens (tertiary/aromatic N) is 2. The van der Waals surface area contributed by atoms with Gasteiger partial charge in [0.1, 0.15) is 5.75 Å². The van der Waals surface area contributed by atoms with Gasteiger partial charge in [-0.2, -0.15) is 0 Å². The molecule has 0 bridgehead atoms.